The van der Waals surface area contributed by atoms with Gasteiger partial charge in [0.2, 0.25) is 0 Å². The zero-order valence-corrected chi connectivity index (χ0v) is 66.8. The van der Waals surface area contributed by atoms with E-state index in [1.807, 2.05) is 10.8 Å². The first-order valence-corrected chi connectivity index (χ1v) is 41.9. The van der Waals surface area contributed by atoms with Crippen molar-refractivity contribution in [3.8, 4) is 0 Å². The number of hydrogen-bond acceptors (Lipinski definition) is 21. The van der Waals surface area contributed by atoms with Crippen molar-refractivity contribution in [1.82, 2.24) is 28.0 Å². The van der Waals surface area contributed by atoms with Crippen LogP contribution < -0.4 is 34.4 Å². The molecule has 0 unspecified atom stereocenters. The molecule has 0 saturated heterocycles. The van der Waals surface area contributed by atoms with Crippen LogP contribution in [0.3, 0.4) is 0 Å². The van der Waals surface area contributed by atoms with Crippen molar-refractivity contribution in [1.29, 1.82) is 0 Å². The highest BCUT2D eigenvalue weighted by Crippen LogP contribution is 2.53. The fourth-order valence-electron chi connectivity index (χ4n) is 8.78. The number of nitrogens with zero attached hydrogens (tertiary/aromatic N) is 9. The average molecular weight is 1410 g/mol. The van der Waals surface area contributed by atoms with Crippen molar-refractivity contribution in [2.75, 3.05) is 95.0 Å². The van der Waals surface area contributed by atoms with E-state index in [0.29, 0.717) is 145 Å². The highest BCUT2D eigenvalue weighted by atomic mass is 33.1. The van der Waals surface area contributed by atoms with E-state index >= 15 is 0 Å². The van der Waals surface area contributed by atoms with Gasteiger partial charge in [-0.2, -0.15) is 0 Å². The predicted molar refractivity (Wildman–Crippen MR) is 400 cm³/mol. The first-order chi connectivity index (χ1) is 40.5. The molecule has 0 atom stereocenters. The van der Waals surface area contributed by atoms with E-state index in [1.54, 1.807) is 54.0 Å². The van der Waals surface area contributed by atoms with Gasteiger partial charge in [-0.1, -0.05) is 64.8 Å². The second-order valence-electron chi connectivity index (χ2n) is 24.2. The zero-order chi connectivity index (χ0) is 67.6. The molecule has 0 aromatic heterocycles. The SMILES string of the molecule is CC(C)N(C(C)C)P(OCCOCC(C)(C)SSCCN=C(N)N)N(C(C)C)C(C)C.CC(C)N(C(C)C)P(OCCOCSSCCN=C(N)N)N(C(C)C)C(C)C.CC(C)N(C(C)C)P(OCOCCSSCCN=C(N)N)N(C(C)C)C(C)C. The Kier molecular flexibility index (Phi) is 57.0. The van der Waals surface area contributed by atoms with Crippen LogP contribution in [0, 0.1) is 0 Å². The Balaban J connectivity index is -0.00000122. The highest BCUT2D eigenvalue weighted by Gasteiger charge is 2.37. The summed E-state index contributed by atoms with van der Waals surface area (Å²) >= 11 is 0. The average Bonchev–Trinajstić information content (AvgIpc) is 3.43. The molecule has 0 aromatic rings. The van der Waals surface area contributed by atoms with Crippen molar-refractivity contribution in [3.63, 3.8) is 0 Å². The van der Waals surface area contributed by atoms with E-state index in [1.165, 1.54) is 0 Å². The maximum Gasteiger partial charge on any atom is 0.191 e. The highest BCUT2D eigenvalue weighted by molar-refractivity contribution is 8.77. The van der Waals surface area contributed by atoms with Crippen molar-refractivity contribution in [3.05, 3.63) is 0 Å². The third kappa shape index (κ3) is 45.7. The molecule has 12 N–H and O–H groups in total. The van der Waals surface area contributed by atoms with Crippen molar-refractivity contribution >= 4 is 108 Å². The van der Waals surface area contributed by atoms with Gasteiger partial charge < -0.3 is 62.2 Å². The molecule has 0 aliphatic carbocycles. The topological polar surface area (TPSA) is 268 Å². The quantitative estimate of drug-likeness (QED) is 0.00825. The van der Waals surface area contributed by atoms with Crippen LogP contribution in [0.1, 0.15) is 180 Å². The molecular weight excluding hydrogens is 1280 g/mol. The molecule has 0 rings (SSSR count). The van der Waals surface area contributed by atoms with Crippen molar-refractivity contribution in [2.45, 2.75) is 257 Å². The van der Waals surface area contributed by atoms with Crippen LogP contribution in [0.2, 0.25) is 0 Å². The molecule has 0 amide bonds. The third-order valence-corrected chi connectivity index (χ3v) is 28.1. The fourth-order valence-corrected chi connectivity index (χ4v) is 21.2. The van der Waals surface area contributed by atoms with Gasteiger partial charge in [-0.3, -0.25) is 15.0 Å². The van der Waals surface area contributed by atoms with Gasteiger partial charge in [0.25, 0.3) is 0 Å². The molecule has 0 spiro atoms. The van der Waals surface area contributed by atoms with Crippen LogP contribution in [-0.4, -0.2) is 218 Å². The van der Waals surface area contributed by atoms with Gasteiger partial charge >= 0.3 is 0 Å². The largest absolute Gasteiger partial charge is 0.378 e. The minimum Gasteiger partial charge on any atom is -0.378 e. The number of aliphatic imine (C=N–C) groups is 3. The van der Waals surface area contributed by atoms with E-state index in [2.05, 4.69) is 223 Å². The number of ether oxygens (including phenoxy) is 3. The lowest BCUT2D eigenvalue weighted by Crippen LogP contribution is -2.43. The summed E-state index contributed by atoms with van der Waals surface area (Å²) in [6.45, 7) is 64.1. The summed E-state index contributed by atoms with van der Waals surface area (Å²) < 4.78 is 51.6. The van der Waals surface area contributed by atoms with Crippen LogP contribution in [0.25, 0.3) is 0 Å². The summed E-state index contributed by atoms with van der Waals surface area (Å²) in [7, 11) is 7.86. The summed E-state index contributed by atoms with van der Waals surface area (Å²) in [6.07, 6.45) is 0. The van der Waals surface area contributed by atoms with Gasteiger partial charge in [-0.25, -0.2) is 28.0 Å². The summed E-state index contributed by atoms with van der Waals surface area (Å²) in [6, 6.07) is 4.97. The maximum atomic E-state index is 6.50. The first-order valence-electron chi connectivity index (χ1n) is 31.2. The van der Waals surface area contributed by atoms with E-state index in [-0.39, 0.29) is 22.6 Å². The molecule has 522 valence electrons. The molecule has 0 saturated carbocycles. The number of rotatable bonds is 49. The molecule has 0 aromatic carbocycles. The van der Waals surface area contributed by atoms with Crippen LogP contribution in [0.5, 0.6) is 0 Å². The van der Waals surface area contributed by atoms with Crippen LogP contribution in [0.4, 0.5) is 0 Å². The van der Waals surface area contributed by atoms with E-state index in [4.69, 9.17) is 62.2 Å². The van der Waals surface area contributed by atoms with Crippen LogP contribution >= 0.6 is 90.1 Å². The van der Waals surface area contributed by atoms with E-state index in [9.17, 15) is 0 Å². The number of nitrogens with two attached hydrogens (primary N) is 6. The molecular formula is C57H132N15O6P3S6. The molecule has 87 heavy (non-hydrogen) atoms. The Labute approximate surface area is 561 Å². The van der Waals surface area contributed by atoms with Gasteiger partial charge in [0, 0.05) is 100 Å². The molecule has 0 aliphatic rings. The van der Waals surface area contributed by atoms with Crippen molar-refractivity contribution < 1.29 is 27.8 Å². The molecule has 0 radical (unpaired) electrons. The summed E-state index contributed by atoms with van der Waals surface area (Å²) in [5, 5.41) is 0. The maximum absolute atomic E-state index is 6.50. The monoisotopic (exact) mass is 1410 g/mol. The molecule has 0 heterocycles. The second kappa shape index (κ2) is 53.9. The standard InChI is InChI=1S/C21H48N5O2PS2.2C18H42N5O2PS2/c1-16(2)25(17(3)4)29(26(18(5)6)19(7)8)28-13-12-27-15-21(9,10)31-30-14-11-24-20(22)23;1-14(2)22(15(3)4)26(23(16(5)6)17(7)8)25-11-10-24-13-28-27-12-9-21-18(19)20;1-14(2)22(15(3)4)26(23(16(5)6)17(7)8)25-13-24-10-12-28-27-11-9-21-18(19)20/h16-19H,11-15H2,1-10H3,(H4,22,23,24);2*14-17H,9-13H2,1-8H3,(H4,19,20,21). The lowest BCUT2D eigenvalue weighted by atomic mass is 10.2. The lowest BCUT2D eigenvalue weighted by Gasteiger charge is -2.45. The van der Waals surface area contributed by atoms with Crippen LogP contribution in [-0.2, 0) is 27.8 Å². The molecule has 21 nitrogen and oxygen atoms in total. The van der Waals surface area contributed by atoms with Crippen LogP contribution in [0.15, 0.2) is 15.0 Å². The number of hydrogen-bond donors (Lipinski definition) is 6. The Hall–Kier alpha value is 0.720. The van der Waals surface area contributed by atoms with Gasteiger partial charge in [-0.15, -0.1) is 0 Å². The Morgan fingerprint density at radius 3 is 0.931 bits per heavy atom. The Morgan fingerprint density at radius 1 is 0.345 bits per heavy atom. The second-order valence-corrected chi connectivity index (χ2v) is 37.6. The smallest absolute Gasteiger partial charge is 0.191 e. The van der Waals surface area contributed by atoms with E-state index in [0.717, 1.165) is 23.0 Å². The minimum absolute atomic E-state index is 0.0111. The lowest BCUT2D eigenvalue weighted by molar-refractivity contribution is 0.0155. The molecule has 30 heteroatoms. The Morgan fingerprint density at radius 2 is 0.621 bits per heavy atom. The Bertz CT molecular complexity index is 1550. The van der Waals surface area contributed by atoms with Gasteiger partial charge in [-0.05, 0) is 180 Å². The predicted octanol–water partition coefficient (Wildman–Crippen LogP) is 13.1. The van der Waals surface area contributed by atoms with Crippen molar-refractivity contribution in [2.24, 2.45) is 49.4 Å². The minimum atomic E-state index is -0.893. The normalized spacial score (nSPS) is 12.7. The van der Waals surface area contributed by atoms with Gasteiger partial charge in [0.1, 0.15) is 5.94 Å². The third-order valence-electron chi connectivity index (χ3n) is 11.4. The van der Waals surface area contributed by atoms with Gasteiger partial charge in [0.15, 0.2) is 50.0 Å². The van der Waals surface area contributed by atoms with Gasteiger partial charge in [0.05, 0.1) is 59.3 Å². The number of guanidine groups is 3. The first kappa shape index (κ1) is 91.9. The molecule has 0 fully saturated rings. The zero-order valence-electron chi connectivity index (χ0n) is 59.3. The molecule has 0 bridgehead atoms. The summed E-state index contributed by atoms with van der Waals surface area (Å²) in [5.74, 6) is 4.60. The summed E-state index contributed by atoms with van der Waals surface area (Å²) in [5.41, 5.74) is 31.9. The fraction of sp³-hybridized carbons (Fsp3) is 0.947. The summed E-state index contributed by atoms with van der Waals surface area (Å²) in [4.78, 5) is 11.9. The van der Waals surface area contributed by atoms with E-state index < -0.39 is 25.3 Å². The molecule has 0 aliphatic heterocycles.